The van der Waals surface area contributed by atoms with E-state index in [-0.39, 0.29) is 0 Å². The highest BCUT2D eigenvalue weighted by Crippen LogP contribution is 2.38. The van der Waals surface area contributed by atoms with Gasteiger partial charge in [-0.1, -0.05) is 20.8 Å². The summed E-state index contributed by atoms with van der Waals surface area (Å²) in [6, 6.07) is 0. The summed E-state index contributed by atoms with van der Waals surface area (Å²) in [4.78, 5) is 10.5. The fraction of sp³-hybridized carbons (Fsp3) is 0.857. The van der Waals surface area contributed by atoms with E-state index in [0.717, 1.165) is 0 Å². The number of alkyl halides is 3. The molecule has 0 fully saturated rings. The number of nitrogens with two attached hydrogens (primary N) is 1. The van der Waals surface area contributed by atoms with Crippen molar-refractivity contribution < 1.29 is 18.0 Å². The van der Waals surface area contributed by atoms with Crippen molar-refractivity contribution in [3.05, 3.63) is 0 Å². The Labute approximate surface area is 68.9 Å². The van der Waals surface area contributed by atoms with E-state index in [0.29, 0.717) is 0 Å². The number of halogens is 3. The Kier molecular flexibility index (Phi) is 2.77. The van der Waals surface area contributed by atoms with Crippen LogP contribution in [-0.4, -0.2) is 12.1 Å². The van der Waals surface area contributed by atoms with Crippen molar-refractivity contribution in [2.24, 2.45) is 17.1 Å². The van der Waals surface area contributed by atoms with Crippen LogP contribution in [0.1, 0.15) is 20.8 Å². The normalized spacial score (nSPS) is 15.8. The lowest BCUT2D eigenvalue weighted by atomic mass is 9.80. The van der Waals surface area contributed by atoms with Crippen LogP contribution in [0.4, 0.5) is 13.2 Å². The topological polar surface area (TPSA) is 43.1 Å². The molecule has 0 aromatic rings. The van der Waals surface area contributed by atoms with Gasteiger partial charge in [-0.05, 0) is 5.41 Å². The number of amides is 1. The lowest BCUT2D eigenvalue weighted by molar-refractivity contribution is -0.200. The highest BCUT2D eigenvalue weighted by molar-refractivity contribution is 5.78. The van der Waals surface area contributed by atoms with Crippen LogP contribution in [0.15, 0.2) is 0 Å². The monoisotopic (exact) mass is 183 g/mol. The van der Waals surface area contributed by atoms with Crippen LogP contribution in [0.2, 0.25) is 0 Å². The third-order valence-electron chi connectivity index (χ3n) is 1.48. The molecule has 1 atom stereocenters. The van der Waals surface area contributed by atoms with Gasteiger partial charge in [-0.25, -0.2) is 0 Å². The summed E-state index contributed by atoms with van der Waals surface area (Å²) in [6.45, 7) is 3.99. The first-order valence-corrected chi connectivity index (χ1v) is 3.43. The van der Waals surface area contributed by atoms with E-state index in [1.165, 1.54) is 20.8 Å². The second-order valence-corrected chi connectivity index (χ2v) is 3.74. The van der Waals surface area contributed by atoms with Crippen molar-refractivity contribution in [2.75, 3.05) is 0 Å². The molecule has 2 nitrogen and oxygen atoms in total. The summed E-state index contributed by atoms with van der Waals surface area (Å²) in [5, 5.41) is 0. The lowest BCUT2D eigenvalue weighted by Gasteiger charge is -2.29. The molecule has 12 heavy (non-hydrogen) atoms. The molecule has 0 radical (unpaired) electrons. The van der Waals surface area contributed by atoms with Crippen molar-refractivity contribution in [1.82, 2.24) is 0 Å². The maximum Gasteiger partial charge on any atom is 0.400 e. The predicted octanol–water partition coefficient (Wildman–Crippen LogP) is 1.70. The summed E-state index contributed by atoms with van der Waals surface area (Å²) in [5.41, 5.74) is 3.47. The van der Waals surface area contributed by atoms with Gasteiger partial charge in [0.15, 0.2) is 0 Å². The molecule has 0 aromatic heterocycles. The van der Waals surface area contributed by atoms with Crippen LogP contribution >= 0.6 is 0 Å². The minimum Gasteiger partial charge on any atom is -0.369 e. The number of hydrogen-bond donors (Lipinski definition) is 1. The highest BCUT2D eigenvalue weighted by atomic mass is 19.4. The van der Waals surface area contributed by atoms with Gasteiger partial charge in [-0.2, -0.15) is 13.2 Å². The molecule has 5 heteroatoms. The predicted molar refractivity (Wildman–Crippen MR) is 38.2 cm³/mol. The number of primary amides is 1. The van der Waals surface area contributed by atoms with Crippen LogP contribution in [0.25, 0.3) is 0 Å². The fourth-order valence-electron chi connectivity index (χ4n) is 1.08. The Hall–Kier alpha value is -0.740. The molecule has 0 saturated heterocycles. The number of carbonyl (C=O) groups excluding carboxylic acids is 1. The van der Waals surface area contributed by atoms with Crippen LogP contribution in [0, 0.1) is 11.3 Å². The third kappa shape index (κ3) is 2.71. The molecule has 0 aliphatic heterocycles. The molecule has 0 spiro atoms. The molecule has 1 unspecified atom stereocenters. The molecular formula is C7H12F3NO. The Morgan fingerprint density at radius 1 is 1.25 bits per heavy atom. The van der Waals surface area contributed by atoms with Gasteiger partial charge < -0.3 is 5.73 Å². The van der Waals surface area contributed by atoms with Gasteiger partial charge in [0.1, 0.15) is 5.92 Å². The zero-order valence-electron chi connectivity index (χ0n) is 7.20. The first-order chi connectivity index (χ1) is 5.07. The van der Waals surface area contributed by atoms with E-state index >= 15 is 0 Å². The van der Waals surface area contributed by atoms with E-state index in [1.807, 2.05) is 0 Å². The Morgan fingerprint density at radius 3 is 1.58 bits per heavy atom. The smallest absolute Gasteiger partial charge is 0.369 e. The van der Waals surface area contributed by atoms with Crippen molar-refractivity contribution in [2.45, 2.75) is 26.9 Å². The average molecular weight is 183 g/mol. The minimum atomic E-state index is -4.55. The first kappa shape index (κ1) is 11.3. The quantitative estimate of drug-likeness (QED) is 0.660. The van der Waals surface area contributed by atoms with E-state index in [2.05, 4.69) is 5.73 Å². The standard InChI is InChI=1S/C7H12F3NO/c1-6(2,3)4(5(11)12)7(8,9)10/h4H,1-3H3,(H2,11,12). The maximum atomic E-state index is 12.2. The van der Waals surface area contributed by atoms with Gasteiger partial charge >= 0.3 is 6.18 Å². The zero-order chi connectivity index (χ0) is 10.2. The van der Waals surface area contributed by atoms with Crippen molar-refractivity contribution in [1.29, 1.82) is 0 Å². The summed E-state index contributed by atoms with van der Waals surface area (Å²) in [7, 11) is 0. The molecule has 0 aliphatic carbocycles. The van der Waals surface area contributed by atoms with Crippen LogP contribution < -0.4 is 5.73 Å². The molecule has 0 saturated carbocycles. The summed E-state index contributed by atoms with van der Waals surface area (Å²) in [5.74, 6) is -3.40. The third-order valence-corrected chi connectivity index (χ3v) is 1.48. The molecule has 0 aliphatic rings. The number of rotatable bonds is 1. The Bertz CT molecular complexity index is 166. The Balaban J connectivity index is 4.82. The van der Waals surface area contributed by atoms with Crippen molar-refractivity contribution >= 4 is 5.91 Å². The average Bonchev–Trinajstić information content (AvgIpc) is 1.49. The van der Waals surface area contributed by atoms with Crippen LogP contribution in [-0.2, 0) is 4.79 Å². The van der Waals surface area contributed by atoms with Gasteiger partial charge in [0.2, 0.25) is 5.91 Å². The maximum absolute atomic E-state index is 12.2. The van der Waals surface area contributed by atoms with Gasteiger partial charge in [0.05, 0.1) is 0 Å². The van der Waals surface area contributed by atoms with Crippen LogP contribution in [0.3, 0.4) is 0 Å². The molecular weight excluding hydrogens is 171 g/mol. The number of hydrogen-bond acceptors (Lipinski definition) is 1. The second kappa shape index (κ2) is 2.95. The van der Waals surface area contributed by atoms with Gasteiger partial charge in [0, 0.05) is 0 Å². The molecule has 72 valence electrons. The summed E-state index contributed by atoms with van der Waals surface area (Å²) < 4.78 is 36.5. The second-order valence-electron chi connectivity index (χ2n) is 3.74. The van der Waals surface area contributed by atoms with E-state index in [9.17, 15) is 18.0 Å². The Morgan fingerprint density at radius 2 is 1.58 bits per heavy atom. The zero-order valence-corrected chi connectivity index (χ0v) is 7.20. The number of carbonyl (C=O) groups is 1. The largest absolute Gasteiger partial charge is 0.400 e. The molecule has 0 bridgehead atoms. The van der Waals surface area contributed by atoms with Crippen molar-refractivity contribution in [3.8, 4) is 0 Å². The van der Waals surface area contributed by atoms with E-state index in [4.69, 9.17) is 0 Å². The van der Waals surface area contributed by atoms with Gasteiger partial charge in [-0.3, -0.25) is 4.79 Å². The SMILES string of the molecule is CC(C)(C)C(C(N)=O)C(F)(F)F. The summed E-state index contributed by atoms with van der Waals surface area (Å²) in [6.07, 6.45) is -4.55. The van der Waals surface area contributed by atoms with Crippen molar-refractivity contribution in [3.63, 3.8) is 0 Å². The van der Waals surface area contributed by atoms with E-state index < -0.39 is 23.4 Å². The molecule has 2 N–H and O–H groups in total. The minimum absolute atomic E-state index is 1.18. The molecule has 0 heterocycles. The summed E-state index contributed by atoms with van der Waals surface area (Å²) >= 11 is 0. The fourth-order valence-corrected chi connectivity index (χ4v) is 1.08. The van der Waals surface area contributed by atoms with Crippen LogP contribution in [0.5, 0.6) is 0 Å². The van der Waals surface area contributed by atoms with Gasteiger partial charge in [-0.15, -0.1) is 0 Å². The van der Waals surface area contributed by atoms with Gasteiger partial charge in [0.25, 0.3) is 0 Å². The first-order valence-electron chi connectivity index (χ1n) is 3.43. The lowest BCUT2D eigenvalue weighted by Crippen LogP contribution is -2.44. The molecule has 0 aromatic carbocycles. The van der Waals surface area contributed by atoms with E-state index in [1.54, 1.807) is 0 Å². The molecule has 0 rings (SSSR count). The highest BCUT2D eigenvalue weighted by Gasteiger charge is 2.50. The molecule has 1 amide bonds.